The van der Waals surface area contributed by atoms with Crippen molar-refractivity contribution >= 4 is 5.97 Å². The first-order valence-corrected chi connectivity index (χ1v) is 4.24. The molecule has 1 aliphatic rings. The largest absolute Gasteiger partial charge is 0.423 e. The fraction of sp³-hybridized carbons (Fsp3) is 0.182. The van der Waals surface area contributed by atoms with Gasteiger partial charge in [-0.2, -0.15) is 0 Å². The first-order chi connectivity index (χ1) is 6.25. The zero-order chi connectivity index (χ0) is 9.26. The summed E-state index contributed by atoms with van der Waals surface area (Å²) in [6, 6.07) is 7.59. The van der Waals surface area contributed by atoms with Crippen LogP contribution in [0.25, 0.3) is 0 Å². The lowest BCUT2D eigenvalue weighted by Gasteiger charge is -2.11. The van der Waals surface area contributed by atoms with E-state index in [-0.39, 0.29) is 5.97 Å². The summed E-state index contributed by atoms with van der Waals surface area (Å²) in [5.41, 5.74) is 1.73. The molecule has 0 saturated heterocycles. The summed E-state index contributed by atoms with van der Waals surface area (Å²) in [4.78, 5) is 11.3. The van der Waals surface area contributed by atoms with Crippen LogP contribution < -0.4 is 4.74 Å². The van der Waals surface area contributed by atoms with Crippen molar-refractivity contribution in [2.75, 3.05) is 0 Å². The zero-order valence-corrected chi connectivity index (χ0v) is 7.25. The highest BCUT2D eigenvalue weighted by molar-refractivity contribution is 5.89. The Morgan fingerprint density at radius 1 is 1.31 bits per heavy atom. The summed E-state index contributed by atoms with van der Waals surface area (Å²) in [6.07, 6.45) is 1.55. The first-order valence-electron chi connectivity index (χ1n) is 4.24. The minimum Gasteiger partial charge on any atom is -0.423 e. The van der Waals surface area contributed by atoms with Gasteiger partial charge in [0, 0.05) is 5.57 Å². The SMILES string of the molecule is C=C1CCc2cccc(c2)OC1=O. The van der Waals surface area contributed by atoms with E-state index in [1.54, 1.807) is 6.07 Å². The smallest absolute Gasteiger partial charge is 0.338 e. The van der Waals surface area contributed by atoms with Gasteiger partial charge in [0.15, 0.2) is 0 Å². The molecule has 0 atom stereocenters. The number of rotatable bonds is 0. The molecule has 0 aliphatic carbocycles. The Morgan fingerprint density at radius 3 is 3.00 bits per heavy atom. The number of fused-ring (bicyclic) bond motifs is 2. The second-order valence-electron chi connectivity index (χ2n) is 3.14. The molecular formula is C11H10O2. The van der Waals surface area contributed by atoms with Gasteiger partial charge in [-0.15, -0.1) is 0 Å². The van der Waals surface area contributed by atoms with Crippen LogP contribution in [-0.2, 0) is 11.2 Å². The van der Waals surface area contributed by atoms with Gasteiger partial charge in [0.1, 0.15) is 5.75 Å². The summed E-state index contributed by atoms with van der Waals surface area (Å²) in [7, 11) is 0. The summed E-state index contributed by atoms with van der Waals surface area (Å²) in [6.45, 7) is 3.67. The van der Waals surface area contributed by atoms with Crippen molar-refractivity contribution < 1.29 is 9.53 Å². The number of aryl methyl sites for hydroxylation is 1. The van der Waals surface area contributed by atoms with Crippen LogP contribution in [0.15, 0.2) is 36.4 Å². The average molecular weight is 174 g/mol. The third-order valence-electron chi connectivity index (χ3n) is 2.11. The quantitative estimate of drug-likeness (QED) is 0.342. The van der Waals surface area contributed by atoms with Crippen LogP contribution in [0.4, 0.5) is 0 Å². The van der Waals surface area contributed by atoms with E-state index in [0.717, 1.165) is 6.42 Å². The Labute approximate surface area is 76.8 Å². The standard InChI is InChI=1S/C11H10O2/c1-8-5-6-9-3-2-4-10(7-9)13-11(8)12/h2-4,7H,1,5-6H2. The number of hydrogen-bond donors (Lipinski definition) is 0. The molecular weight excluding hydrogens is 164 g/mol. The van der Waals surface area contributed by atoms with E-state index >= 15 is 0 Å². The lowest BCUT2D eigenvalue weighted by Crippen LogP contribution is -2.13. The van der Waals surface area contributed by atoms with Crippen molar-refractivity contribution in [3.63, 3.8) is 0 Å². The molecule has 0 aromatic heterocycles. The predicted molar refractivity (Wildman–Crippen MR) is 49.5 cm³/mol. The van der Waals surface area contributed by atoms with Crippen molar-refractivity contribution in [3.05, 3.63) is 42.0 Å². The number of carbonyl (C=O) groups is 1. The van der Waals surface area contributed by atoms with E-state index in [4.69, 9.17) is 4.74 Å². The maximum atomic E-state index is 11.3. The first kappa shape index (κ1) is 8.05. The topological polar surface area (TPSA) is 26.3 Å². The van der Waals surface area contributed by atoms with E-state index in [1.807, 2.05) is 18.2 Å². The van der Waals surface area contributed by atoms with Crippen molar-refractivity contribution in [1.82, 2.24) is 0 Å². The van der Waals surface area contributed by atoms with E-state index in [9.17, 15) is 4.79 Å². The molecule has 0 fully saturated rings. The Morgan fingerprint density at radius 2 is 2.15 bits per heavy atom. The van der Waals surface area contributed by atoms with Crippen LogP contribution in [0.3, 0.4) is 0 Å². The fourth-order valence-corrected chi connectivity index (χ4v) is 1.34. The van der Waals surface area contributed by atoms with Crippen LogP contribution in [0.5, 0.6) is 5.75 Å². The van der Waals surface area contributed by atoms with Gasteiger partial charge in [-0.05, 0) is 30.5 Å². The van der Waals surface area contributed by atoms with Crippen LogP contribution in [-0.4, -0.2) is 5.97 Å². The summed E-state index contributed by atoms with van der Waals surface area (Å²) in [5, 5.41) is 0. The summed E-state index contributed by atoms with van der Waals surface area (Å²) >= 11 is 0. The van der Waals surface area contributed by atoms with Gasteiger partial charge in [-0.3, -0.25) is 0 Å². The van der Waals surface area contributed by atoms with Crippen molar-refractivity contribution in [3.8, 4) is 5.75 Å². The molecule has 2 heteroatoms. The molecule has 0 radical (unpaired) electrons. The Kier molecular flexibility index (Phi) is 1.89. The van der Waals surface area contributed by atoms with Gasteiger partial charge in [-0.25, -0.2) is 4.79 Å². The van der Waals surface area contributed by atoms with Crippen LogP contribution in [0.2, 0.25) is 0 Å². The number of benzene rings is 1. The molecule has 2 bridgehead atoms. The molecule has 2 rings (SSSR count). The molecule has 0 amide bonds. The number of ether oxygens (including phenoxy) is 1. The van der Waals surface area contributed by atoms with Gasteiger partial charge < -0.3 is 4.74 Å². The molecule has 1 aromatic carbocycles. The molecule has 66 valence electrons. The van der Waals surface area contributed by atoms with Gasteiger partial charge in [0.2, 0.25) is 0 Å². The molecule has 1 aromatic rings. The Balaban J connectivity index is 2.38. The van der Waals surface area contributed by atoms with E-state index in [0.29, 0.717) is 17.7 Å². The van der Waals surface area contributed by atoms with Gasteiger partial charge in [-0.1, -0.05) is 18.7 Å². The second-order valence-corrected chi connectivity index (χ2v) is 3.14. The predicted octanol–water partition coefficient (Wildman–Crippen LogP) is 2.09. The number of hydrogen-bond acceptors (Lipinski definition) is 2. The summed E-state index contributed by atoms with van der Waals surface area (Å²) < 4.78 is 5.07. The van der Waals surface area contributed by atoms with E-state index < -0.39 is 0 Å². The highest BCUT2D eigenvalue weighted by Gasteiger charge is 2.13. The normalized spacial score (nSPS) is 16.0. The number of carbonyl (C=O) groups excluding carboxylic acids is 1. The second kappa shape index (κ2) is 3.05. The average Bonchev–Trinajstić information content (AvgIpc) is 2.13. The third-order valence-corrected chi connectivity index (χ3v) is 2.11. The molecule has 1 heterocycles. The minimum atomic E-state index is -0.308. The molecule has 0 spiro atoms. The van der Waals surface area contributed by atoms with Gasteiger partial charge in [0.05, 0.1) is 0 Å². The lowest BCUT2D eigenvalue weighted by molar-refractivity contribution is -0.130. The van der Waals surface area contributed by atoms with Crippen LogP contribution >= 0.6 is 0 Å². The van der Waals surface area contributed by atoms with E-state index in [1.165, 1.54) is 5.56 Å². The minimum absolute atomic E-state index is 0.308. The third kappa shape index (κ3) is 1.61. The molecule has 1 aliphatic heterocycles. The fourth-order valence-electron chi connectivity index (χ4n) is 1.34. The monoisotopic (exact) mass is 174 g/mol. The maximum Gasteiger partial charge on any atom is 0.338 e. The lowest BCUT2D eigenvalue weighted by atomic mass is 10.0. The molecule has 0 N–H and O–H groups in total. The Bertz CT molecular complexity index is 366. The molecule has 13 heavy (non-hydrogen) atoms. The number of esters is 1. The van der Waals surface area contributed by atoms with Crippen LogP contribution in [0.1, 0.15) is 12.0 Å². The van der Waals surface area contributed by atoms with Crippen LogP contribution in [0, 0.1) is 0 Å². The molecule has 2 nitrogen and oxygen atoms in total. The zero-order valence-electron chi connectivity index (χ0n) is 7.25. The Hall–Kier alpha value is -1.57. The molecule has 0 unspecified atom stereocenters. The van der Waals surface area contributed by atoms with Crippen molar-refractivity contribution in [1.29, 1.82) is 0 Å². The van der Waals surface area contributed by atoms with Gasteiger partial charge in [0.25, 0.3) is 0 Å². The maximum absolute atomic E-state index is 11.3. The van der Waals surface area contributed by atoms with E-state index in [2.05, 4.69) is 6.58 Å². The highest BCUT2D eigenvalue weighted by atomic mass is 16.5. The highest BCUT2D eigenvalue weighted by Crippen LogP contribution is 2.20. The van der Waals surface area contributed by atoms with Gasteiger partial charge >= 0.3 is 5.97 Å². The van der Waals surface area contributed by atoms with Crippen molar-refractivity contribution in [2.24, 2.45) is 0 Å². The summed E-state index contributed by atoms with van der Waals surface area (Å²) in [5.74, 6) is 0.306. The molecule has 0 saturated carbocycles. The van der Waals surface area contributed by atoms with Crippen molar-refractivity contribution in [2.45, 2.75) is 12.8 Å².